The number of rotatable bonds is 5. The van der Waals surface area contributed by atoms with E-state index in [9.17, 15) is 9.59 Å². The maximum Gasteiger partial charge on any atom is 0.376 e. The smallest absolute Gasteiger partial charge is 0.376 e. The van der Waals surface area contributed by atoms with Crippen molar-refractivity contribution in [1.29, 1.82) is 0 Å². The highest BCUT2D eigenvalue weighted by Gasteiger charge is 2.30. The Morgan fingerprint density at radius 1 is 1.10 bits per heavy atom. The van der Waals surface area contributed by atoms with Gasteiger partial charge in [0.1, 0.15) is 0 Å². The van der Waals surface area contributed by atoms with Crippen molar-refractivity contribution in [3.63, 3.8) is 0 Å². The van der Waals surface area contributed by atoms with Crippen molar-refractivity contribution in [2.24, 2.45) is 0 Å². The molecular formula is C15H21NO5. The number of hydrogen-bond acceptors (Lipinski definition) is 6. The van der Waals surface area contributed by atoms with Crippen LogP contribution in [0.15, 0.2) is 4.42 Å². The van der Waals surface area contributed by atoms with Crippen molar-refractivity contribution >= 4 is 11.9 Å². The molecule has 0 amide bonds. The van der Waals surface area contributed by atoms with E-state index < -0.39 is 11.9 Å². The average Bonchev–Trinajstić information content (AvgIpc) is 2.94. The van der Waals surface area contributed by atoms with Gasteiger partial charge in [0.2, 0.25) is 11.5 Å². The minimum Gasteiger partial charge on any atom is -0.461 e. The van der Waals surface area contributed by atoms with Gasteiger partial charge in [0, 0.05) is 5.92 Å². The molecule has 21 heavy (non-hydrogen) atoms. The Morgan fingerprint density at radius 2 is 1.71 bits per heavy atom. The van der Waals surface area contributed by atoms with Gasteiger partial charge < -0.3 is 13.9 Å². The van der Waals surface area contributed by atoms with Crippen LogP contribution in [0.25, 0.3) is 0 Å². The molecule has 0 N–H and O–H groups in total. The molecule has 0 spiro atoms. The van der Waals surface area contributed by atoms with E-state index in [-0.39, 0.29) is 30.6 Å². The minimum absolute atomic E-state index is 0.0733. The number of ether oxygens (including phenoxy) is 2. The number of hydrogen-bond donors (Lipinski definition) is 0. The molecule has 0 bridgehead atoms. The van der Waals surface area contributed by atoms with Crippen LogP contribution in [-0.4, -0.2) is 30.1 Å². The summed E-state index contributed by atoms with van der Waals surface area (Å²) in [6.45, 7) is 3.82. The van der Waals surface area contributed by atoms with E-state index in [0.29, 0.717) is 5.89 Å². The van der Waals surface area contributed by atoms with Gasteiger partial charge >= 0.3 is 11.9 Å². The molecule has 1 aromatic rings. The van der Waals surface area contributed by atoms with Gasteiger partial charge in [-0.2, -0.15) is 0 Å². The minimum atomic E-state index is -0.671. The zero-order chi connectivity index (χ0) is 15.2. The number of carbonyl (C=O) groups is 2. The monoisotopic (exact) mass is 295 g/mol. The van der Waals surface area contributed by atoms with E-state index >= 15 is 0 Å². The van der Waals surface area contributed by atoms with Gasteiger partial charge in [0.15, 0.2) is 5.89 Å². The Bertz CT molecular complexity index is 467. The topological polar surface area (TPSA) is 78.6 Å². The van der Waals surface area contributed by atoms with Gasteiger partial charge in [-0.05, 0) is 26.7 Å². The van der Waals surface area contributed by atoms with Crippen LogP contribution in [0.4, 0.5) is 0 Å². The van der Waals surface area contributed by atoms with E-state index in [1.54, 1.807) is 13.8 Å². The highest BCUT2D eigenvalue weighted by Crippen LogP contribution is 2.33. The zero-order valence-electron chi connectivity index (χ0n) is 12.5. The molecule has 116 valence electrons. The molecule has 1 aliphatic carbocycles. The van der Waals surface area contributed by atoms with E-state index in [0.717, 1.165) is 25.7 Å². The maximum atomic E-state index is 11.9. The summed E-state index contributed by atoms with van der Waals surface area (Å²) in [6, 6.07) is 0. The summed E-state index contributed by atoms with van der Waals surface area (Å²) in [6.07, 6.45) is 5.34. The van der Waals surface area contributed by atoms with E-state index in [2.05, 4.69) is 4.98 Å². The van der Waals surface area contributed by atoms with Crippen molar-refractivity contribution in [3.8, 4) is 0 Å². The predicted molar refractivity (Wildman–Crippen MR) is 74.2 cm³/mol. The van der Waals surface area contributed by atoms with Gasteiger partial charge in [-0.3, -0.25) is 0 Å². The molecule has 1 heterocycles. The zero-order valence-corrected chi connectivity index (χ0v) is 12.5. The summed E-state index contributed by atoms with van der Waals surface area (Å²) in [5.41, 5.74) is -0.0733. The fourth-order valence-electron chi connectivity index (χ4n) is 2.53. The lowest BCUT2D eigenvalue weighted by atomic mass is 9.89. The van der Waals surface area contributed by atoms with Crippen LogP contribution in [0, 0.1) is 0 Å². The van der Waals surface area contributed by atoms with Crippen LogP contribution in [0.1, 0.15) is 78.8 Å². The van der Waals surface area contributed by atoms with Crippen molar-refractivity contribution in [3.05, 3.63) is 17.3 Å². The SMILES string of the molecule is CCOC(=O)c1nc(C2CCCCC2)oc1C(=O)OCC. The van der Waals surface area contributed by atoms with Gasteiger partial charge in [0.05, 0.1) is 13.2 Å². The number of nitrogens with zero attached hydrogens (tertiary/aromatic N) is 1. The van der Waals surface area contributed by atoms with Crippen LogP contribution in [0.5, 0.6) is 0 Å². The van der Waals surface area contributed by atoms with Crippen LogP contribution in [0.2, 0.25) is 0 Å². The summed E-state index contributed by atoms with van der Waals surface area (Å²) >= 11 is 0. The van der Waals surface area contributed by atoms with Gasteiger partial charge in [-0.15, -0.1) is 0 Å². The van der Waals surface area contributed by atoms with Crippen LogP contribution in [0.3, 0.4) is 0 Å². The lowest BCUT2D eigenvalue weighted by molar-refractivity contribution is 0.0448. The van der Waals surface area contributed by atoms with E-state index in [1.165, 1.54) is 6.42 Å². The average molecular weight is 295 g/mol. The molecule has 1 fully saturated rings. The van der Waals surface area contributed by atoms with Crippen molar-refractivity contribution in [2.75, 3.05) is 13.2 Å². The molecule has 0 aromatic carbocycles. The number of esters is 2. The van der Waals surface area contributed by atoms with Crippen molar-refractivity contribution in [2.45, 2.75) is 51.9 Å². The second-order valence-corrected chi connectivity index (χ2v) is 5.01. The van der Waals surface area contributed by atoms with Crippen molar-refractivity contribution < 1.29 is 23.5 Å². The maximum absolute atomic E-state index is 11.9. The molecule has 0 aliphatic heterocycles. The summed E-state index contributed by atoms with van der Waals surface area (Å²) in [7, 11) is 0. The normalized spacial score (nSPS) is 15.7. The molecule has 1 aliphatic rings. The highest BCUT2D eigenvalue weighted by molar-refractivity contribution is 5.99. The lowest BCUT2D eigenvalue weighted by Gasteiger charge is -2.17. The van der Waals surface area contributed by atoms with E-state index in [1.807, 2.05) is 0 Å². The fourth-order valence-corrected chi connectivity index (χ4v) is 2.53. The van der Waals surface area contributed by atoms with Gasteiger partial charge in [-0.25, -0.2) is 14.6 Å². The first kappa shape index (κ1) is 15.5. The Balaban J connectivity index is 2.29. The molecule has 1 saturated carbocycles. The Labute approximate surface area is 123 Å². The highest BCUT2D eigenvalue weighted by atomic mass is 16.6. The summed E-state index contributed by atoms with van der Waals surface area (Å²) in [5, 5.41) is 0. The van der Waals surface area contributed by atoms with Crippen LogP contribution < -0.4 is 0 Å². The van der Waals surface area contributed by atoms with Crippen LogP contribution in [-0.2, 0) is 9.47 Å². The largest absolute Gasteiger partial charge is 0.461 e. The summed E-state index contributed by atoms with van der Waals surface area (Å²) < 4.78 is 15.4. The standard InChI is InChI=1S/C15H21NO5/c1-3-19-14(17)11-12(15(18)20-4-2)21-13(16-11)10-8-6-5-7-9-10/h10H,3-9H2,1-2H3. The summed E-state index contributed by atoms with van der Waals surface area (Å²) in [5.74, 6) is -0.853. The van der Waals surface area contributed by atoms with Gasteiger partial charge in [-0.1, -0.05) is 19.3 Å². The Morgan fingerprint density at radius 3 is 2.33 bits per heavy atom. The lowest BCUT2D eigenvalue weighted by Crippen LogP contribution is -2.13. The second kappa shape index (κ2) is 7.24. The number of carbonyl (C=O) groups excluding carboxylic acids is 2. The first-order valence-corrected chi connectivity index (χ1v) is 7.52. The molecule has 6 nitrogen and oxygen atoms in total. The predicted octanol–water partition coefficient (Wildman–Crippen LogP) is 3.08. The first-order chi connectivity index (χ1) is 10.2. The van der Waals surface area contributed by atoms with Crippen molar-refractivity contribution in [1.82, 2.24) is 4.98 Å². The quantitative estimate of drug-likeness (QED) is 0.777. The molecule has 0 radical (unpaired) electrons. The number of aromatic nitrogens is 1. The third kappa shape index (κ3) is 3.62. The molecule has 6 heteroatoms. The van der Waals surface area contributed by atoms with E-state index in [4.69, 9.17) is 13.9 Å². The molecule has 2 rings (SSSR count). The Kier molecular flexibility index (Phi) is 5.36. The van der Waals surface area contributed by atoms with Crippen LogP contribution >= 0.6 is 0 Å². The second-order valence-electron chi connectivity index (χ2n) is 5.01. The molecule has 0 unspecified atom stereocenters. The Hall–Kier alpha value is -1.85. The fraction of sp³-hybridized carbons (Fsp3) is 0.667. The molecule has 0 saturated heterocycles. The number of oxazole rings is 1. The first-order valence-electron chi connectivity index (χ1n) is 7.52. The molecular weight excluding hydrogens is 274 g/mol. The van der Waals surface area contributed by atoms with Gasteiger partial charge in [0.25, 0.3) is 0 Å². The molecule has 1 aromatic heterocycles. The third-order valence-electron chi connectivity index (χ3n) is 3.53. The molecule has 0 atom stereocenters. The third-order valence-corrected chi connectivity index (χ3v) is 3.53. The summed E-state index contributed by atoms with van der Waals surface area (Å²) in [4.78, 5) is 28.0.